The fourth-order valence-electron chi connectivity index (χ4n) is 2.54. The van der Waals surface area contributed by atoms with Gasteiger partial charge in [-0.2, -0.15) is 0 Å². The van der Waals surface area contributed by atoms with E-state index in [2.05, 4.69) is 61.6 Å². The smallest absolute Gasteiger partial charge is 0.124 e. The summed E-state index contributed by atoms with van der Waals surface area (Å²) in [5.74, 6) is 0.993. The Morgan fingerprint density at radius 2 is 1.76 bits per heavy atom. The second-order valence-corrected chi connectivity index (χ2v) is 5.36. The van der Waals surface area contributed by atoms with Crippen LogP contribution in [0, 0.1) is 6.92 Å². The molecule has 0 saturated heterocycles. The zero-order valence-electron chi connectivity index (χ0n) is 13.2. The van der Waals surface area contributed by atoms with Gasteiger partial charge in [0.05, 0.1) is 6.61 Å². The molecule has 2 rings (SSSR count). The molecule has 0 aromatic heterocycles. The van der Waals surface area contributed by atoms with E-state index in [0.29, 0.717) is 0 Å². The Bertz CT molecular complexity index is 565. The maximum atomic E-state index is 5.90. The third kappa shape index (κ3) is 4.08. The summed E-state index contributed by atoms with van der Waals surface area (Å²) in [6, 6.07) is 17.2. The molecule has 2 aromatic carbocycles. The van der Waals surface area contributed by atoms with Crippen LogP contribution in [-0.4, -0.2) is 13.7 Å². The molecule has 21 heavy (non-hydrogen) atoms. The van der Waals surface area contributed by atoms with E-state index in [0.717, 1.165) is 25.2 Å². The van der Waals surface area contributed by atoms with Crippen molar-refractivity contribution in [3.05, 3.63) is 65.2 Å². The van der Waals surface area contributed by atoms with Gasteiger partial charge in [-0.15, -0.1) is 0 Å². The molecule has 2 nitrogen and oxygen atoms in total. The van der Waals surface area contributed by atoms with Crippen molar-refractivity contribution in [1.82, 2.24) is 5.32 Å². The molecule has 2 aromatic rings. The van der Waals surface area contributed by atoms with E-state index in [9.17, 15) is 0 Å². The zero-order valence-corrected chi connectivity index (χ0v) is 13.2. The van der Waals surface area contributed by atoms with Crippen LogP contribution in [0.25, 0.3) is 0 Å². The Morgan fingerprint density at radius 1 is 1.05 bits per heavy atom. The van der Waals surface area contributed by atoms with Crippen LogP contribution in [0.4, 0.5) is 0 Å². The lowest BCUT2D eigenvalue weighted by molar-refractivity contribution is 0.310. The summed E-state index contributed by atoms with van der Waals surface area (Å²) in [5, 5.41) is 3.43. The molecular weight excluding hydrogens is 258 g/mol. The van der Waals surface area contributed by atoms with E-state index >= 15 is 0 Å². The highest BCUT2D eigenvalue weighted by molar-refractivity contribution is 5.38. The van der Waals surface area contributed by atoms with E-state index < -0.39 is 0 Å². The predicted molar refractivity (Wildman–Crippen MR) is 88.9 cm³/mol. The van der Waals surface area contributed by atoms with Crippen molar-refractivity contribution in [2.75, 3.05) is 13.7 Å². The number of likely N-dealkylation sites (N-methyl/N-ethyl adjacent to an activating group) is 1. The molecule has 0 aliphatic heterocycles. The van der Waals surface area contributed by atoms with Gasteiger partial charge >= 0.3 is 0 Å². The third-order valence-electron chi connectivity index (χ3n) is 3.79. The lowest BCUT2D eigenvalue weighted by atomic mass is 9.95. The van der Waals surface area contributed by atoms with Gasteiger partial charge in [0.25, 0.3) is 0 Å². The minimum absolute atomic E-state index is 0.263. The molecule has 0 bridgehead atoms. The third-order valence-corrected chi connectivity index (χ3v) is 3.79. The van der Waals surface area contributed by atoms with Crippen molar-refractivity contribution in [1.29, 1.82) is 0 Å². The van der Waals surface area contributed by atoms with Crippen LogP contribution in [0.15, 0.2) is 48.5 Å². The topological polar surface area (TPSA) is 21.3 Å². The second-order valence-electron chi connectivity index (χ2n) is 5.36. The van der Waals surface area contributed by atoms with Crippen LogP contribution in [0.1, 0.15) is 36.1 Å². The molecule has 2 heteroatoms. The minimum atomic E-state index is 0.263. The largest absolute Gasteiger partial charge is 0.493 e. The lowest BCUT2D eigenvalue weighted by Crippen LogP contribution is -2.20. The van der Waals surface area contributed by atoms with E-state index in [4.69, 9.17) is 4.74 Å². The van der Waals surface area contributed by atoms with Crippen LogP contribution in [0.3, 0.4) is 0 Å². The number of benzene rings is 2. The Balaban J connectivity index is 2.23. The second kappa shape index (κ2) is 7.84. The predicted octanol–water partition coefficient (Wildman–Crippen LogP) is 4.29. The average molecular weight is 283 g/mol. The van der Waals surface area contributed by atoms with Gasteiger partial charge < -0.3 is 10.1 Å². The molecule has 1 unspecified atom stereocenters. The molecule has 0 saturated carbocycles. The normalized spacial score (nSPS) is 12.1. The fraction of sp³-hybridized carbons (Fsp3) is 0.368. The summed E-state index contributed by atoms with van der Waals surface area (Å²) in [6.07, 6.45) is 1.99. The first-order chi connectivity index (χ1) is 10.3. The lowest BCUT2D eigenvalue weighted by Gasteiger charge is -2.21. The number of ether oxygens (including phenoxy) is 1. The molecule has 0 heterocycles. The van der Waals surface area contributed by atoms with Gasteiger partial charge in [-0.05, 0) is 44.0 Å². The maximum absolute atomic E-state index is 5.90. The van der Waals surface area contributed by atoms with Gasteiger partial charge in [-0.3, -0.25) is 0 Å². The van der Waals surface area contributed by atoms with Crippen molar-refractivity contribution in [3.8, 4) is 5.75 Å². The molecule has 0 spiro atoms. The molecule has 1 N–H and O–H groups in total. The molecule has 0 amide bonds. The highest BCUT2D eigenvalue weighted by Crippen LogP contribution is 2.28. The standard InChI is InChI=1S/C19H25NO/c1-4-13-21-19-12-8-7-11-17(19)18(20-3)14-16-10-6-5-9-15(16)2/h5-12,18,20H,4,13-14H2,1-3H3. The van der Waals surface area contributed by atoms with Gasteiger partial charge in [0.2, 0.25) is 0 Å². The van der Waals surface area contributed by atoms with Crippen molar-refractivity contribution < 1.29 is 4.74 Å². The van der Waals surface area contributed by atoms with Gasteiger partial charge in [0.15, 0.2) is 0 Å². The average Bonchev–Trinajstić information content (AvgIpc) is 2.52. The summed E-state index contributed by atoms with van der Waals surface area (Å²) in [5.41, 5.74) is 3.95. The molecule has 0 aliphatic rings. The molecule has 112 valence electrons. The van der Waals surface area contributed by atoms with Crippen molar-refractivity contribution in [2.24, 2.45) is 0 Å². The van der Waals surface area contributed by atoms with Crippen molar-refractivity contribution in [3.63, 3.8) is 0 Å². The van der Waals surface area contributed by atoms with Gasteiger partial charge in [0, 0.05) is 11.6 Å². The van der Waals surface area contributed by atoms with Crippen LogP contribution >= 0.6 is 0 Å². The number of rotatable bonds is 7. The number of aryl methyl sites for hydroxylation is 1. The molecule has 0 fully saturated rings. The quantitative estimate of drug-likeness (QED) is 0.818. The molecule has 0 radical (unpaired) electrons. The fourth-order valence-corrected chi connectivity index (χ4v) is 2.54. The summed E-state index contributed by atoms with van der Waals surface area (Å²) in [6.45, 7) is 5.06. The number of para-hydroxylation sites is 1. The molecule has 1 atom stereocenters. The maximum Gasteiger partial charge on any atom is 0.124 e. The van der Waals surface area contributed by atoms with E-state index in [1.807, 2.05) is 13.1 Å². The minimum Gasteiger partial charge on any atom is -0.493 e. The zero-order chi connectivity index (χ0) is 15.1. The van der Waals surface area contributed by atoms with E-state index in [-0.39, 0.29) is 6.04 Å². The van der Waals surface area contributed by atoms with Crippen LogP contribution in [0.5, 0.6) is 5.75 Å². The molecular formula is C19H25NO. The first-order valence-electron chi connectivity index (χ1n) is 7.69. The first kappa shape index (κ1) is 15.6. The number of hydrogen-bond acceptors (Lipinski definition) is 2. The summed E-state index contributed by atoms with van der Waals surface area (Å²) in [4.78, 5) is 0. The highest BCUT2D eigenvalue weighted by Gasteiger charge is 2.15. The first-order valence-corrected chi connectivity index (χ1v) is 7.69. The van der Waals surface area contributed by atoms with Gasteiger partial charge in [-0.25, -0.2) is 0 Å². The summed E-state index contributed by atoms with van der Waals surface area (Å²) >= 11 is 0. The monoisotopic (exact) mass is 283 g/mol. The van der Waals surface area contributed by atoms with Crippen LogP contribution in [-0.2, 0) is 6.42 Å². The number of hydrogen-bond donors (Lipinski definition) is 1. The SMILES string of the molecule is CCCOc1ccccc1C(Cc1ccccc1C)NC. The van der Waals surface area contributed by atoms with Gasteiger partial charge in [0.1, 0.15) is 5.75 Å². The van der Waals surface area contributed by atoms with Crippen molar-refractivity contribution >= 4 is 0 Å². The van der Waals surface area contributed by atoms with Crippen LogP contribution in [0.2, 0.25) is 0 Å². The van der Waals surface area contributed by atoms with Gasteiger partial charge in [-0.1, -0.05) is 49.4 Å². The Morgan fingerprint density at radius 3 is 2.48 bits per heavy atom. The Kier molecular flexibility index (Phi) is 5.82. The Labute approximate surface area is 128 Å². The highest BCUT2D eigenvalue weighted by atomic mass is 16.5. The molecule has 0 aliphatic carbocycles. The van der Waals surface area contributed by atoms with E-state index in [1.165, 1.54) is 16.7 Å². The Hall–Kier alpha value is -1.80. The summed E-state index contributed by atoms with van der Waals surface area (Å²) in [7, 11) is 2.01. The number of nitrogens with one attached hydrogen (secondary N) is 1. The van der Waals surface area contributed by atoms with E-state index in [1.54, 1.807) is 0 Å². The van der Waals surface area contributed by atoms with Crippen LogP contribution < -0.4 is 10.1 Å². The summed E-state index contributed by atoms with van der Waals surface area (Å²) < 4.78 is 5.90. The van der Waals surface area contributed by atoms with Crippen molar-refractivity contribution in [2.45, 2.75) is 32.7 Å².